The molecule has 2 saturated heterocycles. The van der Waals surface area contributed by atoms with Crippen molar-refractivity contribution in [1.29, 1.82) is 0 Å². The molecule has 1 aromatic heterocycles. The van der Waals surface area contributed by atoms with Crippen LogP contribution in [-0.4, -0.2) is 51.3 Å². The molecule has 0 radical (unpaired) electrons. The topological polar surface area (TPSA) is 69.6 Å². The number of likely N-dealkylation sites (tertiary alicyclic amines) is 1. The number of halogens is 3. The zero-order chi connectivity index (χ0) is 20.9. The minimum absolute atomic E-state index is 0.0778. The van der Waals surface area contributed by atoms with E-state index in [0.29, 0.717) is 17.6 Å². The molecule has 3 heterocycles. The molecular formula is C20H21F3N4O2. The minimum atomic E-state index is -4.53. The Morgan fingerprint density at radius 2 is 1.86 bits per heavy atom. The molecule has 1 amide bonds. The largest absolute Gasteiger partial charge is 0.507 e. The molecule has 1 N–H and O–H groups in total. The quantitative estimate of drug-likeness (QED) is 0.828. The lowest BCUT2D eigenvalue weighted by molar-refractivity contribution is -0.137. The van der Waals surface area contributed by atoms with Gasteiger partial charge in [0.15, 0.2) is 5.82 Å². The van der Waals surface area contributed by atoms with Crippen LogP contribution in [0, 0.1) is 6.92 Å². The van der Waals surface area contributed by atoms with E-state index in [1.165, 1.54) is 6.92 Å². The maximum Gasteiger partial charge on any atom is 0.416 e. The first-order valence-electron chi connectivity index (χ1n) is 9.45. The molecule has 0 spiro atoms. The first-order chi connectivity index (χ1) is 13.7. The second-order valence-corrected chi connectivity index (χ2v) is 7.58. The van der Waals surface area contributed by atoms with Crippen molar-refractivity contribution in [2.45, 2.75) is 44.9 Å². The highest BCUT2D eigenvalue weighted by Crippen LogP contribution is 2.39. The Morgan fingerprint density at radius 3 is 2.45 bits per heavy atom. The summed E-state index contributed by atoms with van der Waals surface area (Å²) in [6.45, 7) is 4.57. The van der Waals surface area contributed by atoms with Crippen molar-refractivity contribution in [1.82, 2.24) is 15.1 Å². The number of hydrogen-bond acceptors (Lipinski definition) is 5. The van der Waals surface area contributed by atoms with Gasteiger partial charge in [0.2, 0.25) is 5.91 Å². The lowest BCUT2D eigenvalue weighted by Gasteiger charge is -2.25. The number of carbonyl (C=O) groups is 1. The van der Waals surface area contributed by atoms with Crippen LogP contribution in [0.3, 0.4) is 0 Å². The number of aryl methyl sites for hydroxylation is 1. The van der Waals surface area contributed by atoms with Crippen molar-refractivity contribution in [2.24, 2.45) is 0 Å². The monoisotopic (exact) mass is 406 g/mol. The molecule has 0 saturated carbocycles. The van der Waals surface area contributed by atoms with Crippen molar-refractivity contribution in [3.63, 3.8) is 0 Å². The predicted octanol–water partition coefficient (Wildman–Crippen LogP) is 3.38. The van der Waals surface area contributed by atoms with Crippen LogP contribution in [0.1, 0.15) is 30.9 Å². The molecule has 1 aromatic carbocycles. The first-order valence-corrected chi connectivity index (χ1v) is 9.45. The van der Waals surface area contributed by atoms with Crippen molar-refractivity contribution in [2.75, 3.05) is 18.0 Å². The van der Waals surface area contributed by atoms with Crippen LogP contribution in [0.25, 0.3) is 11.3 Å². The van der Waals surface area contributed by atoms with Gasteiger partial charge < -0.3 is 14.9 Å². The van der Waals surface area contributed by atoms with E-state index in [-0.39, 0.29) is 29.1 Å². The lowest BCUT2D eigenvalue weighted by atomic mass is 10.0. The third-order valence-corrected chi connectivity index (χ3v) is 5.82. The molecule has 4 rings (SSSR count). The normalized spacial score (nSPS) is 21.6. The lowest BCUT2D eigenvalue weighted by Crippen LogP contribution is -2.38. The standard InChI is InChI=1S/C20H21F3N4O2/c1-11-9-13(20(21,22)23)10-17(29)19(11)14-3-4-18(25-24-14)27-8-6-15-16(27)5-7-26(15)12(2)28/h3-4,9-10,15-16,29H,5-8H2,1-2H3. The highest BCUT2D eigenvalue weighted by Gasteiger charge is 2.44. The second-order valence-electron chi connectivity index (χ2n) is 7.58. The van der Waals surface area contributed by atoms with Gasteiger partial charge in [-0.25, -0.2) is 0 Å². The summed E-state index contributed by atoms with van der Waals surface area (Å²) < 4.78 is 38.8. The average Bonchev–Trinajstić information content (AvgIpc) is 3.22. The van der Waals surface area contributed by atoms with Gasteiger partial charge in [0.1, 0.15) is 5.75 Å². The van der Waals surface area contributed by atoms with E-state index in [1.807, 2.05) is 4.90 Å². The number of carbonyl (C=O) groups excluding carboxylic acids is 1. The summed E-state index contributed by atoms with van der Waals surface area (Å²) in [5.74, 6) is 0.262. The fraction of sp³-hybridized carbons (Fsp3) is 0.450. The summed E-state index contributed by atoms with van der Waals surface area (Å²) in [4.78, 5) is 15.8. The van der Waals surface area contributed by atoms with E-state index in [9.17, 15) is 23.1 Å². The molecule has 2 aliphatic rings. The minimum Gasteiger partial charge on any atom is -0.507 e. The van der Waals surface area contributed by atoms with Gasteiger partial charge in [-0.1, -0.05) is 0 Å². The van der Waals surface area contributed by atoms with Crippen molar-refractivity contribution >= 4 is 11.7 Å². The average molecular weight is 406 g/mol. The van der Waals surface area contributed by atoms with Crippen molar-refractivity contribution in [3.8, 4) is 17.0 Å². The molecule has 2 atom stereocenters. The molecule has 2 fully saturated rings. The van der Waals surface area contributed by atoms with Gasteiger partial charge in [0.25, 0.3) is 0 Å². The van der Waals surface area contributed by atoms with Gasteiger partial charge in [-0.05, 0) is 49.6 Å². The van der Waals surface area contributed by atoms with Crippen LogP contribution < -0.4 is 4.90 Å². The van der Waals surface area contributed by atoms with Gasteiger partial charge in [0.05, 0.1) is 23.3 Å². The maximum atomic E-state index is 12.9. The number of phenolic OH excluding ortho intramolecular Hbond substituents is 1. The number of aromatic nitrogens is 2. The van der Waals surface area contributed by atoms with Crippen molar-refractivity contribution in [3.05, 3.63) is 35.4 Å². The van der Waals surface area contributed by atoms with Gasteiger partial charge >= 0.3 is 6.18 Å². The number of fused-ring (bicyclic) bond motifs is 1. The fourth-order valence-electron chi connectivity index (χ4n) is 4.54. The SMILES string of the molecule is CC(=O)N1CCC2C1CCN2c1ccc(-c2c(C)cc(C(F)(F)F)cc2O)nn1. The van der Waals surface area contributed by atoms with E-state index in [2.05, 4.69) is 15.1 Å². The third kappa shape index (κ3) is 3.38. The molecule has 0 bridgehead atoms. The summed E-state index contributed by atoms with van der Waals surface area (Å²) in [6, 6.07) is 5.48. The van der Waals surface area contributed by atoms with E-state index in [4.69, 9.17) is 0 Å². The molecule has 2 aliphatic heterocycles. The highest BCUT2D eigenvalue weighted by atomic mass is 19.4. The van der Waals surface area contributed by atoms with Crippen molar-refractivity contribution < 1.29 is 23.1 Å². The molecule has 0 aliphatic carbocycles. The molecule has 29 heavy (non-hydrogen) atoms. The van der Waals surface area contributed by atoms with Gasteiger partial charge in [-0.2, -0.15) is 13.2 Å². The fourth-order valence-corrected chi connectivity index (χ4v) is 4.54. The number of hydrogen-bond donors (Lipinski definition) is 1. The molecular weight excluding hydrogens is 385 g/mol. The smallest absolute Gasteiger partial charge is 0.416 e. The van der Waals surface area contributed by atoms with E-state index < -0.39 is 17.5 Å². The second kappa shape index (κ2) is 6.89. The Labute approximate surface area is 166 Å². The zero-order valence-electron chi connectivity index (χ0n) is 16.1. The predicted molar refractivity (Wildman–Crippen MR) is 100 cm³/mol. The summed E-state index contributed by atoms with van der Waals surface area (Å²) in [7, 11) is 0. The Kier molecular flexibility index (Phi) is 4.63. The number of rotatable bonds is 2. The van der Waals surface area contributed by atoms with Gasteiger partial charge in [-0.15, -0.1) is 10.2 Å². The van der Waals surface area contributed by atoms with Gasteiger partial charge in [0, 0.05) is 25.6 Å². The zero-order valence-corrected chi connectivity index (χ0v) is 16.1. The van der Waals surface area contributed by atoms with E-state index >= 15 is 0 Å². The van der Waals surface area contributed by atoms with Crippen LogP contribution in [0.15, 0.2) is 24.3 Å². The Morgan fingerprint density at radius 1 is 1.14 bits per heavy atom. The van der Waals surface area contributed by atoms with E-state index in [1.54, 1.807) is 19.1 Å². The van der Waals surface area contributed by atoms with Crippen LogP contribution in [0.2, 0.25) is 0 Å². The number of aromatic hydroxyl groups is 1. The summed E-state index contributed by atoms with van der Waals surface area (Å²) in [6.07, 6.45) is -2.80. The number of nitrogens with zero attached hydrogens (tertiary/aromatic N) is 4. The first kappa shape index (κ1) is 19.5. The third-order valence-electron chi connectivity index (χ3n) is 5.82. The molecule has 2 unspecified atom stereocenters. The Bertz CT molecular complexity index is 923. The molecule has 2 aromatic rings. The Balaban J connectivity index is 1.59. The number of anilines is 1. The highest BCUT2D eigenvalue weighted by molar-refractivity contribution is 5.74. The van der Waals surface area contributed by atoms with Crippen LogP contribution in [0.4, 0.5) is 19.0 Å². The Hall–Kier alpha value is -2.84. The summed E-state index contributed by atoms with van der Waals surface area (Å²) in [5, 5.41) is 18.6. The van der Waals surface area contributed by atoms with E-state index in [0.717, 1.165) is 32.0 Å². The molecule has 9 heteroatoms. The summed E-state index contributed by atoms with van der Waals surface area (Å²) >= 11 is 0. The molecule has 6 nitrogen and oxygen atoms in total. The number of alkyl halides is 3. The van der Waals surface area contributed by atoms with Crippen LogP contribution >= 0.6 is 0 Å². The number of phenols is 1. The van der Waals surface area contributed by atoms with Gasteiger partial charge in [-0.3, -0.25) is 4.79 Å². The van der Waals surface area contributed by atoms with Crippen LogP contribution in [-0.2, 0) is 11.0 Å². The molecule has 154 valence electrons. The number of benzene rings is 1. The van der Waals surface area contributed by atoms with Crippen LogP contribution in [0.5, 0.6) is 5.75 Å². The number of amides is 1. The summed E-state index contributed by atoms with van der Waals surface area (Å²) in [5.41, 5.74) is -0.0846. The maximum absolute atomic E-state index is 12.9.